The van der Waals surface area contributed by atoms with Crippen LogP contribution in [-0.4, -0.2) is 31.0 Å². The van der Waals surface area contributed by atoms with E-state index in [4.69, 9.17) is 5.11 Å². The van der Waals surface area contributed by atoms with Gasteiger partial charge >= 0.3 is 5.97 Å². The highest BCUT2D eigenvalue weighted by atomic mass is 32.2. The Morgan fingerprint density at radius 3 is 2.12 bits per heavy atom. The van der Waals surface area contributed by atoms with Gasteiger partial charge in [-0.05, 0) is 37.1 Å². The topological polar surface area (TPSA) is 83.5 Å². The standard InChI is InChI=1S/C19H23NO4S/c1-13-4-8-16(9-5-13)18(14(2)25(3,23)24)20-12-15-6-10-17(11-7-15)19(21)22/h4-11,14,18,20H,12H2,1-3H3,(H,21,22). The second-order valence-corrected chi connectivity index (χ2v) is 8.71. The van der Waals surface area contributed by atoms with Gasteiger partial charge in [0, 0.05) is 18.8 Å². The van der Waals surface area contributed by atoms with E-state index in [1.54, 1.807) is 31.2 Å². The zero-order chi connectivity index (χ0) is 18.6. The Bertz CT molecular complexity index is 827. The number of aromatic carboxylic acids is 1. The molecule has 0 bridgehead atoms. The highest BCUT2D eigenvalue weighted by Gasteiger charge is 2.27. The first-order valence-electron chi connectivity index (χ1n) is 7.99. The maximum Gasteiger partial charge on any atom is 0.335 e. The minimum absolute atomic E-state index is 0.225. The van der Waals surface area contributed by atoms with Crippen LogP contribution in [-0.2, 0) is 16.4 Å². The lowest BCUT2D eigenvalue weighted by molar-refractivity contribution is 0.0697. The van der Waals surface area contributed by atoms with Gasteiger partial charge in [-0.2, -0.15) is 0 Å². The van der Waals surface area contributed by atoms with Crippen LogP contribution in [0.3, 0.4) is 0 Å². The number of hydrogen-bond acceptors (Lipinski definition) is 4. The Morgan fingerprint density at radius 1 is 1.08 bits per heavy atom. The molecule has 0 amide bonds. The second kappa shape index (κ2) is 7.80. The maximum atomic E-state index is 12.0. The predicted molar refractivity (Wildman–Crippen MR) is 98.5 cm³/mol. The molecule has 6 heteroatoms. The summed E-state index contributed by atoms with van der Waals surface area (Å²) >= 11 is 0. The van der Waals surface area contributed by atoms with Crippen LogP contribution in [0.5, 0.6) is 0 Å². The number of sulfone groups is 1. The third-order valence-electron chi connectivity index (χ3n) is 4.31. The number of carboxylic acids is 1. The first-order chi connectivity index (χ1) is 11.7. The fraction of sp³-hybridized carbons (Fsp3) is 0.316. The lowest BCUT2D eigenvalue weighted by Crippen LogP contribution is -2.34. The van der Waals surface area contributed by atoms with E-state index in [2.05, 4.69) is 5.32 Å². The number of carboxylic acid groups (broad SMARTS) is 1. The quantitative estimate of drug-likeness (QED) is 0.792. The highest BCUT2D eigenvalue weighted by Crippen LogP contribution is 2.23. The van der Waals surface area contributed by atoms with E-state index in [1.165, 1.54) is 6.26 Å². The Hall–Kier alpha value is -2.18. The van der Waals surface area contributed by atoms with Gasteiger partial charge in [-0.25, -0.2) is 13.2 Å². The number of benzene rings is 2. The molecule has 2 atom stereocenters. The van der Waals surface area contributed by atoms with Crippen LogP contribution in [0.25, 0.3) is 0 Å². The molecule has 5 nitrogen and oxygen atoms in total. The zero-order valence-electron chi connectivity index (χ0n) is 14.6. The van der Waals surface area contributed by atoms with Crippen LogP contribution >= 0.6 is 0 Å². The summed E-state index contributed by atoms with van der Waals surface area (Å²) in [6, 6.07) is 14.0. The van der Waals surface area contributed by atoms with Crippen molar-refractivity contribution in [2.24, 2.45) is 0 Å². The monoisotopic (exact) mass is 361 g/mol. The Labute approximate surface area is 148 Å². The molecule has 2 N–H and O–H groups in total. The van der Waals surface area contributed by atoms with Crippen molar-refractivity contribution in [3.8, 4) is 0 Å². The number of aryl methyl sites for hydroxylation is 1. The van der Waals surface area contributed by atoms with Crippen molar-refractivity contribution in [1.82, 2.24) is 5.32 Å². The van der Waals surface area contributed by atoms with Gasteiger partial charge in [-0.1, -0.05) is 42.0 Å². The first-order valence-corrected chi connectivity index (χ1v) is 9.95. The molecular formula is C19H23NO4S. The lowest BCUT2D eigenvalue weighted by atomic mass is 10.0. The third kappa shape index (κ3) is 5.14. The predicted octanol–water partition coefficient (Wildman–Crippen LogP) is 2.96. The summed E-state index contributed by atoms with van der Waals surface area (Å²) in [6.45, 7) is 4.12. The average molecular weight is 361 g/mol. The molecular weight excluding hydrogens is 338 g/mol. The van der Waals surface area contributed by atoms with Crippen LogP contribution in [0.4, 0.5) is 0 Å². The van der Waals surface area contributed by atoms with Crippen molar-refractivity contribution in [3.05, 3.63) is 70.8 Å². The number of carbonyl (C=O) groups is 1. The molecule has 2 aromatic rings. The highest BCUT2D eigenvalue weighted by molar-refractivity contribution is 7.91. The summed E-state index contributed by atoms with van der Waals surface area (Å²) in [7, 11) is -3.22. The lowest BCUT2D eigenvalue weighted by Gasteiger charge is -2.25. The molecule has 0 radical (unpaired) electrons. The van der Waals surface area contributed by atoms with Gasteiger partial charge < -0.3 is 10.4 Å². The van der Waals surface area contributed by atoms with Gasteiger partial charge in [-0.3, -0.25) is 0 Å². The van der Waals surface area contributed by atoms with Crippen LogP contribution in [0.1, 0.15) is 40.0 Å². The Balaban J connectivity index is 2.21. The molecule has 0 heterocycles. The largest absolute Gasteiger partial charge is 0.478 e. The van der Waals surface area contributed by atoms with Crippen molar-refractivity contribution in [2.75, 3.05) is 6.26 Å². The summed E-state index contributed by atoms with van der Waals surface area (Å²) in [5.74, 6) is -0.970. The summed E-state index contributed by atoms with van der Waals surface area (Å²) in [5.41, 5.74) is 3.13. The molecule has 0 saturated heterocycles. The fourth-order valence-electron chi connectivity index (χ4n) is 2.57. The van der Waals surface area contributed by atoms with E-state index in [0.29, 0.717) is 6.54 Å². The van der Waals surface area contributed by atoms with E-state index < -0.39 is 21.1 Å². The van der Waals surface area contributed by atoms with Crippen LogP contribution in [0.15, 0.2) is 48.5 Å². The van der Waals surface area contributed by atoms with Crippen molar-refractivity contribution in [3.63, 3.8) is 0 Å². The SMILES string of the molecule is Cc1ccc(C(NCc2ccc(C(=O)O)cc2)C(C)S(C)(=O)=O)cc1. The van der Waals surface area contributed by atoms with Crippen LogP contribution < -0.4 is 5.32 Å². The Morgan fingerprint density at radius 2 is 1.64 bits per heavy atom. The van der Waals surface area contributed by atoms with Gasteiger partial charge in [0.25, 0.3) is 0 Å². The molecule has 0 aliphatic rings. The first kappa shape index (κ1) is 19.1. The van der Waals surface area contributed by atoms with Gasteiger partial charge in [0.1, 0.15) is 0 Å². The van der Waals surface area contributed by atoms with Crippen molar-refractivity contribution in [2.45, 2.75) is 31.7 Å². The van der Waals surface area contributed by atoms with Crippen molar-refractivity contribution >= 4 is 15.8 Å². The van der Waals surface area contributed by atoms with E-state index in [1.807, 2.05) is 31.2 Å². The van der Waals surface area contributed by atoms with Gasteiger partial charge in [0.15, 0.2) is 9.84 Å². The number of hydrogen-bond donors (Lipinski definition) is 2. The van der Waals surface area contributed by atoms with E-state index in [0.717, 1.165) is 16.7 Å². The molecule has 0 aromatic heterocycles. The summed E-state index contributed by atoms with van der Waals surface area (Å²) < 4.78 is 24.1. The smallest absolute Gasteiger partial charge is 0.335 e. The average Bonchev–Trinajstić information content (AvgIpc) is 2.56. The number of nitrogens with one attached hydrogen (secondary N) is 1. The summed E-state index contributed by atoms with van der Waals surface area (Å²) in [5, 5.41) is 11.7. The van der Waals surface area contributed by atoms with E-state index in [9.17, 15) is 13.2 Å². The molecule has 0 spiro atoms. The molecule has 2 unspecified atom stereocenters. The second-order valence-electron chi connectivity index (χ2n) is 6.31. The molecule has 0 aliphatic heterocycles. The normalized spacial score (nSPS) is 14.0. The van der Waals surface area contributed by atoms with Crippen LogP contribution in [0, 0.1) is 6.92 Å². The zero-order valence-corrected chi connectivity index (χ0v) is 15.4. The molecule has 0 saturated carbocycles. The van der Waals surface area contributed by atoms with E-state index in [-0.39, 0.29) is 11.6 Å². The van der Waals surface area contributed by atoms with Crippen molar-refractivity contribution in [1.29, 1.82) is 0 Å². The fourth-order valence-corrected chi connectivity index (χ4v) is 3.32. The molecule has 134 valence electrons. The summed E-state index contributed by atoms with van der Waals surface area (Å²) in [4.78, 5) is 10.9. The molecule has 0 aliphatic carbocycles. The number of rotatable bonds is 7. The van der Waals surface area contributed by atoms with Crippen molar-refractivity contribution < 1.29 is 18.3 Å². The van der Waals surface area contributed by atoms with Gasteiger partial charge in [0.2, 0.25) is 0 Å². The minimum atomic E-state index is -3.22. The minimum Gasteiger partial charge on any atom is -0.478 e. The molecule has 25 heavy (non-hydrogen) atoms. The molecule has 2 rings (SSSR count). The van der Waals surface area contributed by atoms with Crippen LogP contribution in [0.2, 0.25) is 0 Å². The maximum absolute atomic E-state index is 12.0. The molecule has 2 aromatic carbocycles. The Kier molecular flexibility index (Phi) is 5.98. The summed E-state index contributed by atoms with van der Waals surface area (Å²) in [6.07, 6.45) is 1.24. The van der Waals surface area contributed by atoms with Gasteiger partial charge in [-0.15, -0.1) is 0 Å². The molecule has 0 fully saturated rings. The van der Waals surface area contributed by atoms with E-state index >= 15 is 0 Å². The van der Waals surface area contributed by atoms with Gasteiger partial charge in [0.05, 0.1) is 10.8 Å². The third-order valence-corrected chi connectivity index (χ3v) is 5.93.